The lowest BCUT2D eigenvalue weighted by molar-refractivity contribution is 0.0582. The van der Waals surface area contributed by atoms with Crippen LogP contribution >= 0.6 is 39.1 Å². The van der Waals surface area contributed by atoms with Gasteiger partial charge in [-0.2, -0.15) is 0 Å². The van der Waals surface area contributed by atoms with Gasteiger partial charge in [-0.3, -0.25) is 0 Å². The molecule has 0 saturated carbocycles. The highest BCUT2D eigenvalue weighted by atomic mass is 79.9. The molecule has 0 radical (unpaired) electrons. The van der Waals surface area contributed by atoms with Gasteiger partial charge >= 0.3 is 0 Å². The zero-order valence-corrected chi connectivity index (χ0v) is 10.6. The quantitative estimate of drug-likeness (QED) is 0.844. The van der Waals surface area contributed by atoms with E-state index in [0.717, 1.165) is 5.56 Å². The molecule has 4 heteroatoms. The van der Waals surface area contributed by atoms with Crippen molar-refractivity contribution in [3.63, 3.8) is 0 Å². The number of benzene rings is 1. The summed E-state index contributed by atoms with van der Waals surface area (Å²) in [5, 5.41) is 10.7. The van der Waals surface area contributed by atoms with Crippen LogP contribution in [0.4, 0.5) is 0 Å². The molecule has 1 aromatic rings. The molecule has 0 aliphatic rings. The Balaban J connectivity index is 2.90. The molecule has 0 bridgehead atoms. The van der Waals surface area contributed by atoms with Crippen molar-refractivity contribution in [3.05, 3.63) is 35.9 Å². The zero-order valence-electron chi connectivity index (χ0n) is 7.46. The number of hydrogen-bond acceptors (Lipinski definition) is 1. The maximum atomic E-state index is 10.2. The van der Waals surface area contributed by atoms with Crippen LogP contribution < -0.4 is 0 Å². The lowest BCUT2D eigenvalue weighted by Crippen LogP contribution is -2.29. The van der Waals surface area contributed by atoms with Crippen molar-refractivity contribution in [1.29, 1.82) is 0 Å². The molecule has 0 fully saturated rings. The van der Waals surface area contributed by atoms with Gasteiger partial charge in [-0.05, 0) is 5.56 Å². The van der Waals surface area contributed by atoms with Gasteiger partial charge in [-0.1, -0.05) is 46.3 Å². The van der Waals surface area contributed by atoms with E-state index in [2.05, 4.69) is 15.9 Å². The minimum absolute atomic E-state index is 0.311. The highest BCUT2D eigenvalue weighted by Crippen LogP contribution is 2.31. The fraction of sp³-hybridized carbons (Fsp3) is 0.400. The second-order valence-corrected chi connectivity index (χ2v) is 4.96. The highest BCUT2D eigenvalue weighted by molar-refractivity contribution is 9.09. The summed E-state index contributed by atoms with van der Waals surface area (Å²) in [4.78, 5) is -0.572. The molecule has 1 N–H and O–H groups in total. The summed E-state index contributed by atoms with van der Waals surface area (Å²) in [6, 6.07) is 9.37. The Morgan fingerprint density at radius 3 is 2.29 bits per heavy atom. The SMILES string of the molecule is OC(CBr)(CC(Cl)Cl)c1ccccc1. The molecule has 78 valence electrons. The molecule has 0 spiro atoms. The first-order chi connectivity index (χ1) is 6.58. The Kier molecular flexibility index (Phi) is 4.71. The summed E-state index contributed by atoms with van der Waals surface area (Å²) in [7, 11) is 0. The molecule has 1 aromatic carbocycles. The van der Waals surface area contributed by atoms with Crippen LogP contribution in [-0.4, -0.2) is 15.3 Å². The average molecular weight is 298 g/mol. The molecule has 0 aliphatic heterocycles. The number of rotatable bonds is 4. The van der Waals surface area contributed by atoms with Crippen molar-refractivity contribution < 1.29 is 5.11 Å². The number of alkyl halides is 3. The van der Waals surface area contributed by atoms with Gasteiger partial charge in [0.1, 0.15) is 10.4 Å². The first-order valence-electron chi connectivity index (χ1n) is 4.20. The Morgan fingerprint density at radius 1 is 1.29 bits per heavy atom. The molecule has 0 aromatic heterocycles. The summed E-state index contributed by atoms with van der Waals surface area (Å²) in [5.41, 5.74) is -0.168. The van der Waals surface area contributed by atoms with Crippen LogP contribution in [0, 0.1) is 0 Å². The van der Waals surface area contributed by atoms with Crippen LogP contribution in [0.15, 0.2) is 30.3 Å². The van der Waals surface area contributed by atoms with E-state index in [9.17, 15) is 5.11 Å². The first-order valence-corrected chi connectivity index (χ1v) is 6.20. The molecule has 0 saturated heterocycles. The van der Waals surface area contributed by atoms with Crippen molar-refractivity contribution in [3.8, 4) is 0 Å². The number of aliphatic hydroxyl groups is 1. The van der Waals surface area contributed by atoms with E-state index in [4.69, 9.17) is 23.2 Å². The Bertz CT molecular complexity index is 279. The second-order valence-electron chi connectivity index (χ2n) is 3.13. The van der Waals surface area contributed by atoms with Crippen molar-refractivity contribution in [2.45, 2.75) is 16.9 Å². The summed E-state index contributed by atoms with van der Waals surface area (Å²) in [5.74, 6) is 0. The van der Waals surface area contributed by atoms with E-state index in [1.165, 1.54) is 0 Å². The highest BCUT2D eigenvalue weighted by Gasteiger charge is 2.29. The minimum Gasteiger partial charge on any atom is -0.384 e. The van der Waals surface area contributed by atoms with Crippen LogP contribution in [0.3, 0.4) is 0 Å². The Morgan fingerprint density at radius 2 is 1.86 bits per heavy atom. The molecule has 1 atom stereocenters. The van der Waals surface area contributed by atoms with E-state index in [1.54, 1.807) is 0 Å². The van der Waals surface area contributed by atoms with Crippen molar-refractivity contribution in [2.75, 3.05) is 5.33 Å². The minimum atomic E-state index is -0.991. The predicted molar refractivity (Wildman–Crippen MR) is 64.2 cm³/mol. The van der Waals surface area contributed by atoms with Gasteiger partial charge in [0.25, 0.3) is 0 Å². The second kappa shape index (κ2) is 5.36. The van der Waals surface area contributed by atoms with E-state index < -0.39 is 10.4 Å². The van der Waals surface area contributed by atoms with Crippen LogP contribution in [-0.2, 0) is 5.60 Å². The average Bonchev–Trinajstić information content (AvgIpc) is 2.18. The number of hydrogen-bond donors (Lipinski definition) is 1. The topological polar surface area (TPSA) is 20.2 Å². The van der Waals surface area contributed by atoms with Crippen molar-refractivity contribution >= 4 is 39.1 Å². The summed E-state index contributed by atoms with van der Waals surface area (Å²) < 4.78 is 0. The third kappa shape index (κ3) is 3.13. The normalized spacial score (nSPS) is 15.5. The monoisotopic (exact) mass is 296 g/mol. The Hall–Kier alpha value is 0.240. The molecule has 1 unspecified atom stereocenters. The standard InChI is InChI=1S/C10H11BrCl2O/c11-7-10(14,6-9(12)13)8-4-2-1-3-5-8/h1-5,9,14H,6-7H2. The van der Waals surface area contributed by atoms with Crippen LogP contribution in [0.1, 0.15) is 12.0 Å². The van der Waals surface area contributed by atoms with E-state index in [1.807, 2.05) is 30.3 Å². The lowest BCUT2D eigenvalue weighted by Gasteiger charge is -2.26. The van der Waals surface area contributed by atoms with Gasteiger partial charge < -0.3 is 5.11 Å². The summed E-state index contributed by atoms with van der Waals surface area (Å²) >= 11 is 14.6. The maximum Gasteiger partial charge on any atom is 0.110 e. The zero-order chi connectivity index (χ0) is 10.6. The molecule has 1 rings (SSSR count). The number of halogens is 3. The molecule has 0 heterocycles. The van der Waals surface area contributed by atoms with Gasteiger partial charge in [0.2, 0.25) is 0 Å². The molecule has 14 heavy (non-hydrogen) atoms. The fourth-order valence-electron chi connectivity index (χ4n) is 1.25. The van der Waals surface area contributed by atoms with Gasteiger partial charge in [-0.15, -0.1) is 23.2 Å². The van der Waals surface area contributed by atoms with Crippen LogP contribution in [0.2, 0.25) is 0 Å². The predicted octanol–water partition coefficient (Wildman–Crippen LogP) is 3.46. The third-order valence-corrected chi connectivity index (χ3v) is 3.26. The summed E-state index contributed by atoms with van der Waals surface area (Å²) in [6.07, 6.45) is 0.311. The molecular formula is C10H11BrCl2O. The van der Waals surface area contributed by atoms with Gasteiger partial charge in [0.05, 0.1) is 0 Å². The smallest absolute Gasteiger partial charge is 0.110 e. The van der Waals surface area contributed by atoms with E-state index in [-0.39, 0.29) is 0 Å². The first kappa shape index (κ1) is 12.3. The molecular weight excluding hydrogens is 287 g/mol. The van der Waals surface area contributed by atoms with Crippen molar-refractivity contribution in [1.82, 2.24) is 0 Å². The van der Waals surface area contributed by atoms with E-state index in [0.29, 0.717) is 11.8 Å². The van der Waals surface area contributed by atoms with E-state index >= 15 is 0 Å². The largest absolute Gasteiger partial charge is 0.384 e. The molecule has 1 nitrogen and oxygen atoms in total. The Labute approximate surface area is 102 Å². The molecule has 0 amide bonds. The summed E-state index contributed by atoms with van der Waals surface area (Å²) in [6.45, 7) is 0. The van der Waals surface area contributed by atoms with Gasteiger partial charge in [-0.25, -0.2) is 0 Å². The van der Waals surface area contributed by atoms with Crippen LogP contribution in [0.25, 0.3) is 0 Å². The maximum absolute atomic E-state index is 10.2. The fourth-order valence-corrected chi connectivity index (χ4v) is 2.32. The third-order valence-electron chi connectivity index (χ3n) is 2.02. The van der Waals surface area contributed by atoms with Crippen LogP contribution in [0.5, 0.6) is 0 Å². The van der Waals surface area contributed by atoms with Gasteiger partial charge in [0, 0.05) is 11.8 Å². The molecule has 0 aliphatic carbocycles. The van der Waals surface area contributed by atoms with Crippen molar-refractivity contribution in [2.24, 2.45) is 0 Å². The lowest BCUT2D eigenvalue weighted by atomic mass is 9.93. The van der Waals surface area contributed by atoms with Gasteiger partial charge in [0.15, 0.2) is 0 Å².